The molecule has 2 heterocycles. The fraction of sp³-hybridized carbons (Fsp3) is 0.450. The van der Waals surface area contributed by atoms with Gasteiger partial charge in [0.2, 0.25) is 5.95 Å². The van der Waals surface area contributed by atoms with Crippen LogP contribution in [-0.4, -0.2) is 48.7 Å². The Morgan fingerprint density at radius 3 is 2.74 bits per heavy atom. The van der Waals surface area contributed by atoms with E-state index in [0.29, 0.717) is 24.8 Å². The number of rotatable bonds is 8. The molecule has 1 saturated heterocycles. The summed E-state index contributed by atoms with van der Waals surface area (Å²) in [6.07, 6.45) is 2.42. The summed E-state index contributed by atoms with van der Waals surface area (Å²) < 4.78 is 5.49. The number of aryl methyl sites for hydroxylation is 2. The first kappa shape index (κ1) is 18.9. The number of ether oxygens (including phenoxy) is 1. The minimum absolute atomic E-state index is 0.00348. The van der Waals surface area contributed by atoms with E-state index in [4.69, 9.17) is 4.74 Å². The number of benzene rings is 1. The first-order chi connectivity index (χ1) is 13.1. The van der Waals surface area contributed by atoms with Crippen molar-refractivity contribution in [3.63, 3.8) is 0 Å². The maximum absolute atomic E-state index is 11.9. The van der Waals surface area contributed by atoms with Gasteiger partial charge >= 0.3 is 0 Å². The van der Waals surface area contributed by atoms with Crippen LogP contribution in [0.2, 0.25) is 0 Å². The number of carbonyl (C=O) groups is 1. The van der Waals surface area contributed by atoms with Gasteiger partial charge in [0.15, 0.2) is 6.61 Å². The Hall–Kier alpha value is -2.83. The van der Waals surface area contributed by atoms with Crippen LogP contribution in [0.25, 0.3) is 0 Å². The number of aromatic nitrogens is 2. The Balaban J connectivity index is 1.40. The van der Waals surface area contributed by atoms with Crippen LogP contribution in [0, 0.1) is 13.8 Å². The van der Waals surface area contributed by atoms with Crippen molar-refractivity contribution in [2.75, 3.05) is 43.0 Å². The highest BCUT2D eigenvalue weighted by molar-refractivity contribution is 5.77. The average Bonchev–Trinajstić information content (AvgIpc) is 3.18. The molecule has 27 heavy (non-hydrogen) atoms. The zero-order valence-corrected chi connectivity index (χ0v) is 16.0. The van der Waals surface area contributed by atoms with E-state index in [1.54, 1.807) is 0 Å². The Bertz CT molecular complexity index is 775. The molecule has 1 aromatic heterocycles. The highest BCUT2D eigenvalue weighted by Gasteiger charge is 2.15. The quantitative estimate of drug-likeness (QED) is 0.695. The largest absolute Gasteiger partial charge is 0.484 e. The minimum Gasteiger partial charge on any atom is -0.484 e. The molecule has 7 nitrogen and oxygen atoms in total. The molecule has 0 bridgehead atoms. The van der Waals surface area contributed by atoms with Gasteiger partial charge in [-0.2, -0.15) is 4.98 Å². The second-order valence-corrected chi connectivity index (χ2v) is 6.77. The molecule has 1 fully saturated rings. The van der Waals surface area contributed by atoms with Gasteiger partial charge in [0, 0.05) is 37.9 Å². The van der Waals surface area contributed by atoms with Crippen molar-refractivity contribution < 1.29 is 9.53 Å². The highest BCUT2D eigenvalue weighted by Crippen LogP contribution is 2.19. The summed E-state index contributed by atoms with van der Waals surface area (Å²) in [6, 6.07) is 9.66. The van der Waals surface area contributed by atoms with Crippen LogP contribution in [0.4, 0.5) is 11.8 Å². The van der Waals surface area contributed by atoms with Crippen molar-refractivity contribution in [3.05, 3.63) is 41.6 Å². The summed E-state index contributed by atoms with van der Waals surface area (Å²) in [5.41, 5.74) is 2.04. The number of amides is 1. The van der Waals surface area contributed by atoms with Gasteiger partial charge in [0.05, 0.1) is 0 Å². The van der Waals surface area contributed by atoms with Crippen LogP contribution in [0.5, 0.6) is 5.75 Å². The molecule has 0 spiro atoms. The highest BCUT2D eigenvalue weighted by atomic mass is 16.5. The van der Waals surface area contributed by atoms with Crippen LogP contribution in [0.15, 0.2) is 30.3 Å². The number of nitrogens with zero attached hydrogens (tertiary/aromatic N) is 3. The van der Waals surface area contributed by atoms with E-state index in [1.807, 2.05) is 44.2 Å². The van der Waals surface area contributed by atoms with E-state index in [9.17, 15) is 4.79 Å². The fourth-order valence-electron chi connectivity index (χ4n) is 3.02. The Kier molecular flexibility index (Phi) is 6.46. The van der Waals surface area contributed by atoms with Crippen molar-refractivity contribution in [1.29, 1.82) is 0 Å². The molecule has 1 amide bonds. The monoisotopic (exact) mass is 369 g/mol. The van der Waals surface area contributed by atoms with Crippen molar-refractivity contribution in [3.8, 4) is 5.75 Å². The number of carbonyl (C=O) groups excluding carboxylic acids is 1. The molecule has 3 rings (SSSR count). The normalized spacial score (nSPS) is 13.5. The molecule has 0 radical (unpaired) electrons. The van der Waals surface area contributed by atoms with Crippen LogP contribution in [-0.2, 0) is 4.79 Å². The molecular weight excluding hydrogens is 342 g/mol. The standard InChI is InChI=1S/C20H27N5O2/c1-15-6-5-7-17(12-15)27-14-19(26)21-8-9-22-20-23-16(2)13-18(24-20)25-10-3-4-11-25/h5-7,12-13H,3-4,8-11,14H2,1-2H3,(H,21,26)(H,22,23,24). The molecule has 0 aliphatic carbocycles. The summed E-state index contributed by atoms with van der Waals surface area (Å²) in [5.74, 6) is 2.12. The lowest BCUT2D eigenvalue weighted by Gasteiger charge is -2.17. The summed E-state index contributed by atoms with van der Waals surface area (Å²) in [5, 5.41) is 6.01. The number of hydrogen-bond donors (Lipinski definition) is 2. The molecule has 0 unspecified atom stereocenters. The van der Waals surface area contributed by atoms with Gasteiger partial charge in [-0.3, -0.25) is 4.79 Å². The molecule has 0 saturated carbocycles. The first-order valence-electron chi connectivity index (χ1n) is 9.41. The van der Waals surface area contributed by atoms with Gasteiger partial charge in [-0.15, -0.1) is 0 Å². The molecule has 7 heteroatoms. The summed E-state index contributed by atoms with van der Waals surface area (Å²) in [7, 11) is 0. The van der Waals surface area contributed by atoms with Gasteiger partial charge in [0.1, 0.15) is 11.6 Å². The summed E-state index contributed by atoms with van der Waals surface area (Å²) >= 11 is 0. The SMILES string of the molecule is Cc1cccc(OCC(=O)NCCNc2nc(C)cc(N3CCCC3)n2)c1. The molecule has 2 N–H and O–H groups in total. The first-order valence-corrected chi connectivity index (χ1v) is 9.41. The van der Waals surface area contributed by atoms with Gasteiger partial charge in [-0.05, 0) is 44.4 Å². The van der Waals surface area contributed by atoms with E-state index in [2.05, 4.69) is 25.5 Å². The van der Waals surface area contributed by atoms with E-state index in [1.165, 1.54) is 12.8 Å². The molecule has 1 aromatic carbocycles. The number of anilines is 2. The van der Waals surface area contributed by atoms with E-state index >= 15 is 0 Å². The topological polar surface area (TPSA) is 79.4 Å². The van der Waals surface area contributed by atoms with Gasteiger partial charge in [-0.1, -0.05) is 12.1 Å². The van der Waals surface area contributed by atoms with E-state index in [-0.39, 0.29) is 12.5 Å². The lowest BCUT2D eigenvalue weighted by Crippen LogP contribution is -2.33. The predicted octanol–water partition coefficient (Wildman–Crippen LogP) is 2.30. The van der Waals surface area contributed by atoms with Crippen molar-refractivity contribution in [2.24, 2.45) is 0 Å². The smallest absolute Gasteiger partial charge is 0.258 e. The van der Waals surface area contributed by atoms with Crippen molar-refractivity contribution >= 4 is 17.7 Å². The third-order valence-electron chi connectivity index (χ3n) is 4.36. The van der Waals surface area contributed by atoms with Gasteiger partial charge < -0.3 is 20.3 Å². The molecule has 2 aromatic rings. The van der Waals surface area contributed by atoms with Crippen LogP contribution < -0.4 is 20.3 Å². The van der Waals surface area contributed by atoms with Crippen LogP contribution in [0.1, 0.15) is 24.1 Å². The Labute approximate surface area is 160 Å². The minimum atomic E-state index is -0.152. The zero-order chi connectivity index (χ0) is 19.1. The van der Waals surface area contributed by atoms with Crippen molar-refractivity contribution in [2.45, 2.75) is 26.7 Å². The number of hydrogen-bond acceptors (Lipinski definition) is 6. The second-order valence-electron chi connectivity index (χ2n) is 6.77. The molecule has 1 aliphatic heterocycles. The van der Waals surface area contributed by atoms with Gasteiger partial charge in [0.25, 0.3) is 5.91 Å². The third kappa shape index (κ3) is 5.84. The second kappa shape index (κ2) is 9.21. The molecule has 144 valence electrons. The Morgan fingerprint density at radius 2 is 1.96 bits per heavy atom. The lowest BCUT2D eigenvalue weighted by atomic mass is 10.2. The maximum Gasteiger partial charge on any atom is 0.258 e. The van der Waals surface area contributed by atoms with E-state index in [0.717, 1.165) is 30.2 Å². The lowest BCUT2D eigenvalue weighted by molar-refractivity contribution is -0.123. The molecule has 0 atom stereocenters. The van der Waals surface area contributed by atoms with Crippen LogP contribution >= 0.6 is 0 Å². The average molecular weight is 369 g/mol. The molecular formula is C20H27N5O2. The predicted molar refractivity (Wildman–Crippen MR) is 106 cm³/mol. The summed E-state index contributed by atoms with van der Waals surface area (Å²) in [4.78, 5) is 23.2. The van der Waals surface area contributed by atoms with Crippen LogP contribution in [0.3, 0.4) is 0 Å². The zero-order valence-electron chi connectivity index (χ0n) is 16.0. The number of nitrogens with one attached hydrogen (secondary N) is 2. The van der Waals surface area contributed by atoms with Gasteiger partial charge in [-0.25, -0.2) is 4.98 Å². The fourth-order valence-corrected chi connectivity index (χ4v) is 3.02. The third-order valence-corrected chi connectivity index (χ3v) is 4.36. The summed E-state index contributed by atoms with van der Waals surface area (Å²) in [6.45, 7) is 7.09. The molecule has 1 aliphatic rings. The maximum atomic E-state index is 11.9. The Morgan fingerprint density at radius 1 is 1.15 bits per heavy atom. The van der Waals surface area contributed by atoms with Crippen molar-refractivity contribution in [1.82, 2.24) is 15.3 Å². The van der Waals surface area contributed by atoms with E-state index < -0.39 is 0 Å².